The third-order valence-electron chi connectivity index (χ3n) is 4.68. The fourth-order valence-corrected chi connectivity index (χ4v) is 3.31. The minimum Gasteiger partial charge on any atom is -0.349 e. The van der Waals surface area contributed by atoms with Crippen LogP contribution >= 0.6 is 0 Å². The molecule has 0 spiro atoms. The van der Waals surface area contributed by atoms with Gasteiger partial charge in [-0.15, -0.1) is 0 Å². The van der Waals surface area contributed by atoms with Crippen LogP contribution in [0, 0.1) is 24.0 Å². The molecule has 1 radical (unpaired) electrons. The van der Waals surface area contributed by atoms with Crippen molar-refractivity contribution >= 4 is 11.8 Å². The molecule has 2 amide bonds. The number of alkyl halides is 2. The summed E-state index contributed by atoms with van der Waals surface area (Å²) >= 11 is 0. The maximum atomic E-state index is 13.8. The molecule has 29 heavy (non-hydrogen) atoms. The Labute approximate surface area is 163 Å². The van der Waals surface area contributed by atoms with E-state index in [2.05, 4.69) is 10.6 Å². The van der Waals surface area contributed by atoms with E-state index in [1.807, 2.05) is 0 Å². The lowest BCUT2D eigenvalue weighted by Gasteiger charge is -2.31. The van der Waals surface area contributed by atoms with Crippen molar-refractivity contribution in [3.63, 3.8) is 0 Å². The summed E-state index contributed by atoms with van der Waals surface area (Å²) < 4.78 is 67.7. The first-order valence-corrected chi connectivity index (χ1v) is 8.66. The molecular weight excluding hydrogens is 395 g/mol. The van der Waals surface area contributed by atoms with Gasteiger partial charge in [-0.2, -0.15) is 0 Å². The van der Waals surface area contributed by atoms with Gasteiger partial charge in [0.2, 0.25) is 5.91 Å². The zero-order valence-corrected chi connectivity index (χ0v) is 15.1. The molecule has 9 heteroatoms. The molecule has 0 aromatic heterocycles. The summed E-state index contributed by atoms with van der Waals surface area (Å²) in [4.78, 5) is 24.6. The van der Waals surface area contributed by atoms with Crippen molar-refractivity contribution < 1.29 is 31.5 Å². The standard InChI is InChI=1S/C20H16F5N2O2/c1-9(12-4-2-11(22)7-15(12)23)26-17(28)8-14-18(19(24)25)13-6-10(21)3-5-16(13)27-20(14)29/h2-7,9,13,19H,8H2,1H3,(H,26,28)(H,27,29)/t9-,13?/m0/s1. The van der Waals surface area contributed by atoms with Gasteiger partial charge >= 0.3 is 0 Å². The highest BCUT2D eigenvalue weighted by Gasteiger charge is 2.37. The molecule has 0 bridgehead atoms. The van der Waals surface area contributed by atoms with E-state index in [9.17, 15) is 31.5 Å². The number of amides is 2. The Morgan fingerprint density at radius 2 is 1.97 bits per heavy atom. The molecule has 1 aliphatic heterocycles. The molecule has 3 rings (SSSR count). The van der Waals surface area contributed by atoms with Crippen LogP contribution in [0.3, 0.4) is 0 Å². The minimum absolute atomic E-state index is 0.00560. The zero-order valence-electron chi connectivity index (χ0n) is 15.1. The van der Waals surface area contributed by atoms with Crippen molar-refractivity contribution in [3.05, 3.63) is 76.6 Å². The largest absolute Gasteiger partial charge is 0.349 e. The monoisotopic (exact) mass is 411 g/mol. The quantitative estimate of drug-likeness (QED) is 0.725. The van der Waals surface area contributed by atoms with Gasteiger partial charge in [-0.05, 0) is 19.1 Å². The Balaban J connectivity index is 1.83. The molecule has 1 aromatic rings. The van der Waals surface area contributed by atoms with Gasteiger partial charge in [0.25, 0.3) is 12.3 Å². The van der Waals surface area contributed by atoms with Crippen LogP contribution in [0.4, 0.5) is 22.0 Å². The molecular formula is C20H16F5N2O2. The number of hydrogen-bond acceptors (Lipinski definition) is 2. The fraction of sp³-hybridized carbons (Fsp3) is 0.250. The molecule has 0 saturated heterocycles. The van der Waals surface area contributed by atoms with Crippen LogP contribution < -0.4 is 10.6 Å². The second-order valence-electron chi connectivity index (χ2n) is 6.64. The average molecular weight is 411 g/mol. The van der Waals surface area contributed by atoms with Gasteiger partial charge in [-0.1, -0.05) is 12.1 Å². The molecule has 2 aliphatic rings. The van der Waals surface area contributed by atoms with Gasteiger partial charge in [-0.25, -0.2) is 22.0 Å². The lowest BCUT2D eigenvalue weighted by atomic mass is 9.83. The van der Waals surface area contributed by atoms with E-state index in [0.717, 1.165) is 24.6 Å². The summed E-state index contributed by atoms with van der Waals surface area (Å²) in [5.41, 5.74) is -1.04. The summed E-state index contributed by atoms with van der Waals surface area (Å²) in [5.74, 6) is -5.30. The van der Waals surface area contributed by atoms with E-state index >= 15 is 0 Å². The first-order chi connectivity index (χ1) is 13.7. The van der Waals surface area contributed by atoms with Crippen molar-refractivity contribution in [2.24, 2.45) is 5.92 Å². The molecule has 4 nitrogen and oxygen atoms in total. The second kappa shape index (κ2) is 8.18. The maximum Gasteiger partial charge on any atom is 0.261 e. The first-order valence-electron chi connectivity index (χ1n) is 8.66. The lowest BCUT2D eigenvalue weighted by molar-refractivity contribution is -0.123. The number of carbonyl (C=O) groups excluding carboxylic acids is 2. The number of hydrogen-bond donors (Lipinski definition) is 2. The average Bonchev–Trinajstić information content (AvgIpc) is 2.62. The third kappa shape index (κ3) is 4.38. The van der Waals surface area contributed by atoms with E-state index in [1.54, 1.807) is 0 Å². The summed E-state index contributed by atoms with van der Waals surface area (Å²) in [6.45, 7) is 1.42. The molecule has 0 saturated carbocycles. The predicted molar refractivity (Wildman–Crippen MR) is 93.8 cm³/mol. The van der Waals surface area contributed by atoms with Crippen molar-refractivity contribution in [1.82, 2.24) is 10.6 Å². The molecule has 2 atom stereocenters. The summed E-state index contributed by atoms with van der Waals surface area (Å²) in [7, 11) is 0. The van der Waals surface area contributed by atoms with Crippen LogP contribution in [0.2, 0.25) is 0 Å². The Kier molecular flexibility index (Phi) is 5.86. The van der Waals surface area contributed by atoms with E-state index in [1.165, 1.54) is 13.0 Å². The molecule has 0 fully saturated rings. The van der Waals surface area contributed by atoms with Gasteiger partial charge in [0.1, 0.15) is 17.5 Å². The second-order valence-corrected chi connectivity index (χ2v) is 6.64. The Morgan fingerprint density at radius 1 is 1.24 bits per heavy atom. The number of nitrogens with one attached hydrogen (secondary N) is 2. The summed E-state index contributed by atoms with van der Waals surface area (Å²) in [6, 6.07) is 1.92. The molecule has 1 unspecified atom stereocenters. The van der Waals surface area contributed by atoms with Crippen molar-refractivity contribution in [1.29, 1.82) is 0 Å². The summed E-state index contributed by atoms with van der Waals surface area (Å²) in [6.07, 6.45) is -0.638. The number of halogens is 5. The predicted octanol–water partition coefficient (Wildman–Crippen LogP) is 3.79. The van der Waals surface area contributed by atoms with Gasteiger partial charge in [0.05, 0.1) is 12.5 Å². The van der Waals surface area contributed by atoms with Crippen molar-refractivity contribution in [2.45, 2.75) is 25.8 Å². The molecule has 1 heterocycles. The van der Waals surface area contributed by atoms with Crippen LogP contribution in [0.5, 0.6) is 0 Å². The topological polar surface area (TPSA) is 58.2 Å². The van der Waals surface area contributed by atoms with Crippen molar-refractivity contribution in [3.8, 4) is 0 Å². The molecule has 2 N–H and O–H groups in total. The minimum atomic E-state index is -3.09. The fourth-order valence-electron chi connectivity index (χ4n) is 3.31. The Bertz CT molecular complexity index is 952. The lowest BCUT2D eigenvalue weighted by Crippen LogP contribution is -2.40. The van der Waals surface area contributed by atoms with E-state index in [-0.39, 0.29) is 11.3 Å². The normalized spacial score (nSPS) is 20.0. The number of benzene rings is 1. The van der Waals surface area contributed by atoms with Gasteiger partial charge in [-0.3, -0.25) is 9.59 Å². The van der Waals surface area contributed by atoms with Crippen LogP contribution in [0.1, 0.15) is 24.9 Å². The van der Waals surface area contributed by atoms with Gasteiger partial charge in [0.15, 0.2) is 0 Å². The highest BCUT2D eigenvalue weighted by molar-refractivity contribution is 6.02. The van der Waals surface area contributed by atoms with Crippen LogP contribution in [-0.4, -0.2) is 18.2 Å². The maximum absolute atomic E-state index is 13.8. The first kappa shape index (κ1) is 20.8. The Morgan fingerprint density at radius 3 is 2.62 bits per heavy atom. The highest BCUT2D eigenvalue weighted by Crippen LogP contribution is 2.37. The van der Waals surface area contributed by atoms with Gasteiger partial charge < -0.3 is 10.6 Å². The smallest absolute Gasteiger partial charge is 0.261 e. The molecule has 153 valence electrons. The van der Waals surface area contributed by atoms with Crippen LogP contribution in [0.25, 0.3) is 0 Å². The number of allylic oxidation sites excluding steroid dienone is 3. The zero-order chi connectivity index (χ0) is 21.3. The SMILES string of the molecule is C[C@H](NC(=O)CC1=C(C(F)F)C2C=C(F)[CH]C=C2NC1=O)c1ccc(F)cc1F. The number of fused-ring (bicyclic) bond motifs is 1. The number of rotatable bonds is 5. The van der Waals surface area contributed by atoms with Crippen molar-refractivity contribution in [2.75, 3.05) is 0 Å². The van der Waals surface area contributed by atoms with Crippen LogP contribution in [0.15, 0.2) is 53.0 Å². The van der Waals surface area contributed by atoms with E-state index in [0.29, 0.717) is 6.07 Å². The Hall–Kier alpha value is -2.97. The van der Waals surface area contributed by atoms with E-state index < -0.39 is 65.2 Å². The highest BCUT2D eigenvalue weighted by atomic mass is 19.3. The third-order valence-corrected chi connectivity index (χ3v) is 4.68. The van der Waals surface area contributed by atoms with E-state index in [4.69, 9.17) is 0 Å². The molecule has 1 aromatic carbocycles. The van der Waals surface area contributed by atoms with Gasteiger partial charge in [0, 0.05) is 40.8 Å². The van der Waals surface area contributed by atoms with Crippen LogP contribution in [-0.2, 0) is 9.59 Å². The number of carbonyl (C=O) groups is 2. The molecule has 1 aliphatic carbocycles. The summed E-state index contributed by atoms with van der Waals surface area (Å²) in [5, 5.41) is 4.78.